The Labute approximate surface area is 168 Å². The molecule has 2 N–H and O–H groups in total. The first-order valence-electron chi connectivity index (χ1n) is 9.47. The molecule has 0 fully saturated rings. The van der Waals surface area contributed by atoms with E-state index >= 15 is 0 Å². The normalized spacial score (nSPS) is 12.0. The number of esters is 1. The summed E-state index contributed by atoms with van der Waals surface area (Å²) in [5.74, 6) is -0.225. The molecule has 3 aromatic rings. The van der Waals surface area contributed by atoms with Crippen LogP contribution in [0.25, 0.3) is 10.9 Å². The van der Waals surface area contributed by atoms with Crippen molar-refractivity contribution in [1.29, 1.82) is 0 Å². The highest BCUT2D eigenvalue weighted by molar-refractivity contribution is 6.06. The topological polar surface area (TPSA) is 72.7 Å². The summed E-state index contributed by atoms with van der Waals surface area (Å²) in [4.78, 5) is 12.4. The second kappa shape index (κ2) is 8.96. The number of fused-ring (bicyclic) bond motifs is 1. The molecule has 1 aromatic heterocycles. The number of aromatic nitrogens is 1. The minimum Gasteiger partial charge on any atom is -0.491 e. The minimum absolute atomic E-state index is 0.0213. The van der Waals surface area contributed by atoms with Crippen LogP contribution in [0.4, 0.5) is 10.1 Å². The predicted molar refractivity (Wildman–Crippen MR) is 110 cm³/mol. The van der Waals surface area contributed by atoms with Crippen LogP contribution < -0.4 is 10.1 Å². The van der Waals surface area contributed by atoms with Crippen LogP contribution in [0.3, 0.4) is 0 Å². The largest absolute Gasteiger partial charge is 0.491 e. The third kappa shape index (κ3) is 4.51. The van der Waals surface area contributed by atoms with Gasteiger partial charge in [-0.3, -0.25) is 0 Å². The molecule has 0 saturated carbocycles. The lowest BCUT2D eigenvalue weighted by molar-refractivity contribution is 0.0527. The minimum atomic E-state index is -0.840. The number of aliphatic hydroxyl groups is 1. The fourth-order valence-corrected chi connectivity index (χ4v) is 3.19. The highest BCUT2D eigenvalue weighted by atomic mass is 19.1. The number of halogens is 1. The molecule has 0 saturated heterocycles. The molecule has 0 aliphatic carbocycles. The zero-order valence-electron chi connectivity index (χ0n) is 16.7. The van der Waals surface area contributed by atoms with Gasteiger partial charge in [-0.15, -0.1) is 0 Å². The van der Waals surface area contributed by atoms with Crippen LogP contribution in [0.15, 0.2) is 42.5 Å². The van der Waals surface area contributed by atoms with E-state index < -0.39 is 6.10 Å². The Hall–Kier alpha value is -3.06. The van der Waals surface area contributed by atoms with E-state index in [1.54, 1.807) is 37.3 Å². The first kappa shape index (κ1) is 20.7. The number of aliphatic hydroxyl groups excluding tert-OH is 1. The fraction of sp³-hybridized carbons (Fsp3) is 0.318. The van der Waals surface area contributed by atoms with Crippen LogP contribution in [0, 0.1) is 12.7 Å². The maximum atomic E-state index is 13.6. The molecular formula is C22H25FN2O4. The Morgan fingerprint density at radius 2 is 2.03 bits per heavy atom. The summed E-state index contributed by atoms with van der Waals surface area (Å²) >= 11 is 0. The first-order valence-corrected chi connectivity index (χ1v) is 9.47. The van der Waals surface area contributed by atoms with E-state index in [1.165, 1.54) is 6.07 Å². The molecule has 0 aliphatic heterocycles. The van der Waals surface area contributed by atoms with Gasteiger partial charge in [0.1, 0.15) is 24.3 Å². The van der Waals surface area contributed by atoms with E-state index in [0.29, 0.717) is 23.6 Å². The third-order valence-corrected chi connectivity index (χ3v) is 4.79. The number of carbonyl (C=O) groups excluding carboxylic acids is 1. The summed E-state index contributed by atoms with van der Waals surface area (Å²) in [5, 5.41) is 13.7. The Morgan fingerprint density at radius 1 is 1.28 bits per heavy atom. The van der Waals surface area contributed by atoms with Crippen molar-refractivity contribution in [3.63, 3.8) is 0 Å². The molecule has 2 aromatic carbocycles. The molecule has 6 nitrogen and oxygen atoms in total. The van der Waals surface area contributed by atoms with E-state index in [9.17, 15) is 14.3 Å². The van der Waals surface area contributed by atoms with Crippen molar-refractivity contribution in [2.75, 3.05) is 25.1 Å². The van der Waals surface area contributed by atoms with Gasteiger partial charge in [-0.1, -0.05) is 12.1 Å². The monoisotopic (exact) mass is 400 g/mol. The standard InChI is InChI=1S/C22H25FN2O4/c1-4-28-22(27)21-14(2)25(3)20-10-9-16(11-17(20)21)29-13-15(26)12-24-19-8-6-5-7-18(19)23/h5-11,15,24,26H,4,12-13H2,1-3H3/t15-/m0/s1. The van der Waals surface area contributed by atoms with Gasteiger partial charge in [-0.25, -0.2) is 9.18 Å². The van der Waals surface area contributed by atoms with Gasteiger partial charge >= 0.3 is 5.97 Å². The average Bonchev–Trinajstić information content (AvgIpc) is 2.96. The number of nitrogens with zero attached hydrogens (tertiary/aromatic N) is 1. The second-order valence-corrected chi connectivity index (χ2v) is 6.74. The number of nitrogens with one attached hydrogen (secondary N) is 1. The molecule has 0 amide bonds. The molecule has 3 rings (SSSR count). The number of benzene rings is 2. The predicted octanol–water partition coefficient (Wildman–Crippen LogP) is 3.65. The number of hydrogen-bond acceptors (Lipinski definition) is 5. The van der Waals surface area contributed by atoms with Gasteiger partial charge in [0.15, 0.2) is 0 Å². The van der Waals surface area contributed by atoms with E-state index in [0.717, 1.165) is 16.6 Å². The Kier molecular flexibility index (Phi) is 6.39. The Morgan fingerprint density at radius 3 is 2.76 bits per heavy atom. The van der Waals surface area contributed by atoms with Crippen LogP contribution in [-0.4, -0.2) is 41.5 Å². The van der Waals surface area contributed by atoms with Crippen LogP contribution in [-0.2, 0) is 11.8 Å². The van der Waals surface area contributed by atoms with Crippen molar-refractivity contribution in [1.82, 2.24) is 4.57 Å². The van der Waals surface area contributed by atoms with E-state index in [2.05, 4.69) is 5.32 Å². The number of hydrogen-bond donors (Lipinski definition) is 2. The van der Waals surface area contributed by atoms with Gasteiger partial charge in [0.25, 0.3) is 0 Å². The summed E-state index contributed by atoms with van der Waals surface area (Å²) in [6.07, 6.45) is -0.840. The lowest BCUT2D eigenvalue weighted by atomic mass is 10.1. The number of carbonyl (C=O) groups is 1. The van der Waals surface area contributed by atoms with Crippen LogP contribution in [0.2, 0.25) is 0 Å². The van der Waals surface area contributed by atoms with Crippen molar-refractivity contribution in [3.8, 4) is 5.75 Å². The Balaban J connectivity index is 1.69. The molecule has 29 heavy (non-hydrogen) atoms. The molecule has 7 heteroatoms. The second-order valence-electron chi connectivity index (χ2n) is 6.74. The van der Waals surface area contributed by atoms with Crippen molar-refractivity contribution < 1.29 is 23.8 Å². The van der Waals surface area contributed by atoms with Crippen LogP contribution in [0.1, 0.15) is 23.0 Å². The number of aryl methyl sites for hydroxylation is 1. The molecule has 0 bridgehead atoms. The van der Waals surface area contributed by atoms with Gasteiger partial charge in [0.05, 0.1) is 17.9 Å². The van der Waals surface area contributed by atoms with E-state index in [4.69, 9.17) is 9.47 Å². The Bertz CT molecular complexity index is 1020. The molecule has 0 aliphatic rings. The first-order chi connectivity index (χ1) is 13.9. The molecule has 0 spiro atoms. The van der Waals surface area contributed by atoms with Crippen molar-refractivity contribution in [2.45, 2.75) is 20.0 Å². The SMILES string of the molecule is CCOC(=O)c1c(C)n(C)c2ccc(OC[C@@H](O)CNc3ccccc3F)cc12. The lowest BCUT2D eigenvalue weighted by Gasteiger charge is -2.14. The van der Waals surface area contributed by atoms with Gasteiger partial charge < -0.3 is 24.5 Å². The zero-order valence-corrected chi connectivity index (χ0v) is 16.7. The summed E-state index contributed by atoms with van der Waals surface area (Å²) in [6, 6.07) is 11.7. The van der Waals surface area contributed by atoms with Gasteiger partial charge in [-0.05, 0) is 44.2 Å². The van der Waals surface area contributed by atoms with Crippen LogP contribution in [0.5, 0.6) is 5.75 Å². The molecule has 0 unspecified atom stereocenters. The van der Waals surface area contributed by atoms with Crippen molar-refractivity contribution in [3.05, 3.63) is 59.5 Å². The van der Waals surface area contributed by atoms with Gasteiger partial charge in [-0.2, -0.15) is 0 Å². The third-order valence-electron chi connectivity index (χ3n) is 4.79. The summed E-state index contributed by atoms with van der Waals surface area (Å²) < 4.78 is 26.4. The smallest absolute Gasteiger partial charge is 0.340 e. The van der Waals surface area contributed by atoms with Gasteiger partial charge in [0, 0.05) is 30.2 Å². The molecular weight excluding hydrogens is 375 g/mol. The molecule has 154 valence electrons. The molecule has 1 atom stereocenters. The van der Waals surface area contributed by atoms with Crippen molar-refractivity contribution >= 4 is 22.6 Å². The number of rotatable bonds is 8. The number of anilines is 1. The summed E-state index contributed by atoms with van der Waals surface area (Å²) in [5.41, 5.74) is 2.53. The highest BCUT2D eigenvalue weighted by Crippen LogP contribution is 2.29. The molecule has 1 heterocycles. The van der Waals surface area contributed by atoms with E-state index in [1.807, 2.05) is 24.6 Å². The maximum Gasteiger partial charge on any atom is 0.340 e. The van der Waals surface area contributed by atoms with E-state index in [-0.39, 0.29) is 24.9 Å². The summed E-state index contributed by atoms with van der Waals surface area (Å²) in [7, 11) is 1.89. The number of para-hydroxylation sites is 1. The van der Waals surface area contributed by atoms with Gasteiger partial charge in [0.2, 0.25) is 0 Å². The molecule has 0 radical (unpaired) electrons. The maximum absolute atomic E-state index is 13.6. The summed E-state index contributed by atoms with van der Waals surface area (Å²) in [6.45, 7) is 4.09. The highest BCUT2D eigenvalue weighted by Gasteiger charge is 2.20. The lowest BCUT2D eigenvalue weighted by Crippen LogP contribution is -2.26. The van der Waals surface area contributed by atoms with Crippen molar-refractivity contribution in [2.24, 2.45) is 7.05 Å². The zero-order chi connectivity index (χ0) is 21.0. The quantitative estimate of drug-likeness (QED) is 0.565. The fourth-order valence-electron chi connectivity index (χ4n) is 3.19. The average molecular weight is 400 g/mol. The number of ether oxygens (including phenoxy) is 2. The van der Waals surface area contributed by atoms with Crippen LogP contribution >= 0.6 is 0 Å².